The standard InChI is InChI=1S/C14H12FNO2/c1-9(17)8-16-14(18)12-6-7-13(15)11-5-3-2-4-10(11)12/h2-7H,8H2,1H3,(H,16,18). The summed E-state index contributed by atoms with van der Waals surface area (Å²) < 4.78 is 13.6. The fraction of sp³-hybridized carbons (Fsp3) is 0.143. The highest BCUT2D eigenvalue weighted by atomic mass is 19.1. The molecule has 0 aliphatic heterocycles. The smallest absolute Gasteiger partial charge is 0.252 e. The van der Waals surface area contributed by atoms with Gasteiger partial charge in [-0.1, -0.05) is 24.3 Å². The second-order valence-electron chi connectivity index (χ2n) is 4.03. The van der Waals surface area contributed by atoms with Crippen LogP contribution >= 0.6 is 0 Å². The SMILES string of the molecule is CC(=O)CNC(=O)c1ccc(F)c2ccccc12. The van der Waals surface area contributed by atoms with Gasteiger partial charge in [-0.2, -0.15) is 0 Å². The number of fused-ring (bicyclic) bond motifs is 1. The Hall–Kier alpha value is -2.23. The minimum absolute atomic E-state index is 0.0233. The number of carbonyl (C=O) groups excluding carboxylic acids is 2. The van der Waals surface area contributed by atoms with Gasteiger partial charge in [0.05, 0.1) is 6.54 Å². The molecule has 0 unspecified atom stereocenters. The van der Waals surface area contributed by atoms with Crippen LogP contribution in [0, 0.1) is 5.82 Å². The molecule has 2 aromatic rings. The normalized spacial score (nSPS) is 10.3. The van der Waals surface area contributed by atoms with E-state index >= 15 is 0 Å². The number of amides is 1. The van der Waals surface area contributed by atoms with E-state index < -0.39 is 0 Å². The molecule has 92 valence electrons. The van der Waals surface area contributed by atoms with Gasteiger partial charge in [0.25, 0.3) is 5.91 Å². The van der Waals surface area contributed by atoms with Crippen molar-refractivity contribution in [1.82, 2.24) is 5.32 Å². The van der Waals surface area contributed by atoms with E-state index in [4.69, 9.17) is 0 Å². The summed E-state index contributed by atoms with van der Waals surface area (Å²) in [6, 6.07) is 9.43. The predicted molar refractivity (Wildman–Crippen MR) is 66.9 cm³/mol. The van der Waals surface area contributed by atoms with Gasteiger partial charge in [-0.05, 0) is 24.4 Å². The van der Waals surface area contributed by atoms with Crippen molar-refractivity contribution in [3.63, 3.8) is 0 Å². The molecule has 2 rings (SSSR count). The van der Waals surface area contributed by atoms with Crippen molar-refractivity contribution in [2.45, 2.75) is 6.92 Å². The van der Waals surface area contributed by atoms with E-state index in [0.717, 1.165) is 0 Å². The number of Topliss-reactive ketones (excluding diaryl/α,β-unsaturated/α-hetero) is 1. The Morgan fingerprint density at radius 2 is 1.78 bits per heavy atom. The van der Waals surface area contributed by atoms with Crippen LogP contribution in [0.4, 0.5) is 4.39 Å². The maximum absolute atomic E-state index is 13.6. The quantitative estimate of drug-likeness (QED) is 0.901. The highest BCUT2D eigenvalue weighted by Crippen LogP contribution is 2.21. The van der Waals surface area contributed by atoms with E-state index in [1.807, 2.05) is 0 Å². The lowest BCUT2D eigenvalue weighted by molar-refractivity contribution is -0.116. The number of nitrogens with one attached hydrogen (secondary N) is 1. The summed E-state index contributed by atoms with van der Waals surface area (Å²) in [5.74, 6) is -0.870. The molecule has 0 aliphatic rings. The van der Waals surface area contributed by atoms with E-state index in [-0.39, 0.29) is 24.1 Å². The lowest BCUT2D eigenvalue weighted by atomic mass is 10.0. The minimum Gasteiger partial charge on any atom is -0.345 e. The Kier molecular flexibility index (Phi) is 3.37. The zero-order valence-electron chi connectivity index (χ0n) is 9.87. The lowest BCUT2D eigenvalue weighted by Crippen LogP contribution is -2.28. The van der Waals surface area contributed by atoms with Crippen molar-refractivity contribution >= 4 is 22.5 Å². The topological polar surface area (TPSA) is 46.2 Å². The molecule has 4 heteroatoms. The number of halogens is 1. The van der Waals surface area contributed by atoms with Gasteiger partial charge in [0, 0.05) is 10.9 Å². The van der Waals surface area contributed by atoms with E-state index in [9.17, 15) is 14.0 Å². The molecule has 1 N–H and O–H groups in total. The first-order valence-electron chi connectivity index (χ1n) is 5.54. The van der Waals surface area contributed by atoms with Gasteiger partial charge in [-0.3, -0.25) is 9.59 Å². The summed E-state index contributed by atoms with van der Waals surface area (Å²) >= 11 is 0. The van der Waals surface area contributed by atoms with Crippen LogP contribution in [-0.2, 0) is 4.79 Å². The maximum atomic E-state index is 13.6. The van der Waals surface area contributed by atoms with Crippen LogP contribution in [0.2, 0.25) is 0 Å². The second-order valence-corrected chi connectivity index (χ2v) is 4.03. The summed E-state index contributed by atoms with van der Waals surface area (Å²) in [5.41, 5.74) is 0.369. The molecular formula is C14H12FNO2. The van der Waals surface area contributed by atoms with Crippen molar-refractivity contribution in [3.05, 3.63) is 47.8 Å². The Balaban J connectivity index is 2.42. The van der Waals surface area contributed by atoms with Crippen molar-refractivity contribution in [1.29, 1.82) is 0 Å². The molecule has 0 saturated heterocycles. The highest BCUT2D eigenvalue weighted by Gasteiger charge is 2.12. The summed E-state index contributed by atoms with van der Waals surface area (Å²) in [4.78, 5) is 22.7. The zero-order valence-corrected chi connectivity index (χ0v) is 9.87. The summed E-state index contributed by atoms with van der Waals surface area (Å²) in [6.45, 7) is 1.37. The summed E-state index contributed by atoms with van der Waals surface area (Å²) in [6.07, 6.45) is 0. The number of rotatable bonds is 3. The Labute approximate surface area is 104 Å². The van der Waals surface area contributed by atoms with Gasteiger partial charge in [-0.25, -0.2) is 4.39 Å². The Morgan fingerprint density at radius 3 is 2.44 bits per heavy atom. The molecule has 18 heavy (non-hydrogen) atoms. The van der Waals surface area contributed by atoms with Crippen molar-refractivity contribution < 1.29 is 14.0 Å². The van der Waals surface area contributed by atoms with Gasteiger partial charge in [0.15, 0.2) is 0 Å². The van der Waals surface area contributed by atoms with Crippen molar-refractivity contribution in [2.75, 3.05) is 6.54 Å². The third-order valence-corrected chi connectivity index (χ3v) is 2.61. The van der Waals surface area contributed by atoms with Crippen LogP contribution in [-0.4, -0.2) is 18.2 Å². The molecule has 0 atom stereocenters. The van der Waals surface area contributed by atoms with Gasteiger partial charge in [-0.15, -0.1) is 0 Å². The number of hydrogen-bond donors (Lipinski definition) is 1. The van der Waals surface area contributed by atoms with Gasteiger partial charge in [0.1, 0.15) is 11.6 Å². The van der Waals surface area contributed by atoms with Crippen LogP contribution < -0.4 is 5.32 Å². The summed E-state index contributed by atoms with van der Waals surface area (Å²) in [7, 11) is 0. The third-order valence-electron chi connectivity index (χ3n) is 2.61. The fourth-order valence-corrected chi connectivity index (χ4v) is 1.76. The first kappa shape index (κ1) is 12.2. The van der Waals surface area contributed by atoms with E-state index in [1.54, 1.807) is 24.3 Å². The molecule has 1 amide bonds. The molecule has 0 bridgehead atoms. The van der Waals surface area contributed by atoms with Gasteiger partial charge < -0.3 is 5.32 Å². The second kappa shape index (κ2) is 4.96. The average Bonchev–Trinajstić information content (AvgIpc) is 2.37. The molecule has 0 spiro atoms. The van der Waals surface area contributed by atoms with Crippen molar-refractivity contribution in [3.8, 4) is 0 Å². The van der Waals surface area contributed by atoms with Crippen LogP contribution in [0.1, 0.15) is 17.3 Å². The molecule has 0 aliphatic carbocycles. The molecule has 0 saturated carbocycles. The molecule has 0 fully saturated rings. The van der Waals surface area contributed by atoms with Gasteiger partial charge >= 0.3 is 0 Å². The first-order valence-corrected chi connectivity index (χ1v) is 5.54. The number of hydrogen-bond acceptors (Lipinski definition) is 2. The molecule has 0 radical (unpaired) electrons. The van der Waals surface area contributed by atoms with Crippen LogP contribution in [0.15, 0.2) is 36.4 Å². The van der Waals surface area contributed by atoms with E-state index in [1.165, 1.54) is 19.1 Å². The average molecular weight is 245 g/mol. The minimum atomic E-state index is -0.374. The molecule has 2 aromatic carbocycles. The summed E-state index contributed by atoms with van der Waals surface area (Å²) in [5, 5.41) is 3.44. The third kappa shape index (κ3) is 2.37. The predicted octanol–water partition coefficient (Wildman–Crippen LogP) is 2.30. The van der Waals surface area contributed by atoms with Crippen molar-refractivity contribution in [2.24, 2.45) is 0 Å². The van der Waals surface area contributed by atoms with Crippen LogP contribution in [0.3, 0.4) is 0 Å². The maximum Gasteiger partial charge on any atom is 0.252 e. The Bertz CT molecular complexity index is 622. The fourth-order valence-electron chi connectivity index (χ4n) is 1.76. The number of carbonyl (C=O) groups is 2. The first-order chi connectivity index (χ1) is 8.59. The highest BCUT2D eigenvalue weighted by molar-refractivity contribution is 6.07. The lowest BCUT2D eigenvalue weighted by Gasteiger charge is -2.07. The Morgan fingerprint density at radius 1 is 1.11 bits per heavy atom. The van der Waals surface area contributed by atoms with Crippen LogP contribution in [0.25, 0.3) is 10.8 Å². The molecular weight excluding hydrogens is 233 g/mol. The largest absolute Gasteiger partial charge is 0.345 e. The monoisotopic (exact) mass is 245 g/mol. The van der Waals surface area contributed by atoms with Crippen LogP contribution in [0.5, 0.6) is 0 Å². The number of benzene rings is 2. The number of ketones is 1. The van der Waals surface area contributed by atoms with E-state index in [2.05, 4.69) is 5.32 Å². The molecule has 0 heterocycles. The zero-order chi connectivity index (χ0) is 13.1. The molecule has 0 aromatic heterocycles. The van der Waals surface area contributed by atoms with Gasteiger partial charge in [0.2, 0.25) is 0 Å². The van der Waals surface area contributed by atoms with E-state index in [0.29, 0.717) is 16.3 Å². The molecule has 3 nitrogen and oxygen atoms in total.